The number of pyridine rings is 1. The molecule has 1 fully saturated rings. The number of nitrogens with zero attached hydrogens (tertiary/aromatic N) is 4. The van der Waals surface area contributed by atoms with Crippen molar-refractivity contribution in [3.63, 3.8) is 0 Å². The Morgan fingerprint density at radius 3 is 2.67 bits per heavy atom. The lowest BCUT2D eigenvalue weighted by molar-refractivity contribution is 0.138. The van der Waals surface area contributed by atoms with Crippen LogP contribution in [0.5, 0.6) is 0 Å². The first kappa shape index (κ1) is 12.8. The number of hydrogen-bond donors (Lipinski definition) is 0. The lowest BCUT2D eigenvalue weighted by Crippen LogP contribution is -2.58. The van der Waals surface area contributed by atoms with E-state index in [2.05, 4.69) is 41.7 Å². The van der Waals surface area contributed by atoms with Crippen LogP contribution in [0.3, 0.4) is 0 Å². The van der Waals surface area contributed by atoms with Gasteiger partial charge in [0.15, 0.2) is 0 Å². The van der Waals surface area contributed by atoms with Gasteiger partial charge in [0.05, 0.1) is 5.56 Å². The van der Waals surface area contributed by atoms with Gasteiger partial charge in [-0.05, 0) is 40.0 Å². The molecule has 1 aliphatic heterocycles. The Kier molecular flexibility index (Phi) is 3.27. The van der Waals surface area contributed by atoms with Crippen LogP contribution in [0.15, 0.2) is 12.1 Å². The Hall–Kier alpha value is -1.60. The van der Waals surface area contributed by atoms with Gasteiger partial charge in [0.1, 0.15) is 11.9 Å². The van der Waals surface area contributed by atoms with E-state index >= 15 is 0 Å². The summed E-state index contributed by atoms with van der Waals surface area (Å²) in [5, 5.41) is 9.19. The molecule has 1 saturated heterocycles. The second kappa shape index (κ2) is 4.58. The van der Waals surface area contributed by atoms with Crippen molar-refractivity contribution in [3.05, 3.63) is 23.4 Å². The van der Waals surface area contributed by atoms with Gasteiger partial charge in [0, 0.05) is 30.9 Å². The molecule has 0 aliphatic carbocycles. The van der Waals surface area contributed by atoms with Crippen molar-refractivity contribution in [2.75, 3.05) is 31.6 Å². The summed E-state index contributed by atoms with van der Waals surface area (Å²) >= 11 is 0. The second-order valence-corrected chi connectivity index (χ2v) is 5.59. The summed E-state index contributed by atoms with van der Waals surface area (Å²) in [5.41, 5.74) is 1.73. The molecule has 4 nitrogen and oxygen atoms in total. The average molecular weight is 244 g/mol. The Bertz CT molecular complexity index is 487. The summed E-state index contributed by atoms with van der Waals surface area (Å²) in [7, 11) is 2.15. The van der Waals surface area contributed by atoms with Crippen molar-refractivity contribution in [3.8, 4) is 6.07 Å². The molecule has 1 aromatic heterocycles. The van der Waals surface area contributed by atoms with Crippen LogP contribution in [0.2, 0.25) is 0 Å². The summed E-state index contributed by atoms with van der Waals surface area (Å²) < 4.78 is 0. The molecule has 0 spiro atoms. The minimum atomic E-state index is 0.108. The molecular formula is C14H20N4. The highest BCUT2D eigenvalue weighted by atomic mass is 15.3. The normalized spacial score (nSPS) is 19.6. The van der Waals surface area contributed by atoms with Crippen molar-refractivity contribution in [2.24, 2.45) is 0 Å². The third kappa shape index (κ3) is 2.32. The van der Waals surface area contributed by atoms with Crippen LogP contribution < -0.4 is 4.90 Å². The molecule has 4 heteroatoms. The first-order valence-electron chi connectivity index (χ1n) is 6.28. The van der Waals surface area contributed by atoms with Gasteiger partial charge in [0.2, 0.25) is 0 Å². The number of likely N-dealkylation sites (N-methyl/N-ethyl adjacent to an activating group) is 1. The maximum absolute atomic E-state index is 9.19. The highest BCUT2D eigenvalue weighted by Crippen LogP contribution is 2.25. The van der Waals surface area contributed by atoms with Gasteiger partial charge in [-0.1, -0.05) is 0 Å². The number of piperazine rings is 1. The molecule has 0 aromatic carbocycles. The molecule has 0 amide bonds. The SMILES string of the molecule is Cc1ccc(C#N)c(N2CCN(C)C(C)(C)C2)n1. The Balaban J connectivity index is 2.33. The quantitative estimate of drug-likeness (QED) is 0.755. The van der Waals surface area contributed by atoms with E-state index in [9.17, 15) is 5.26 Å². The highest BCUT2D eigenvalue weighted by molar-refractivity contribution is 5.55. The molecule has 0 N–H and O–H groups in total. The molecule has 0 saturated carbocycles. The third-order valence-corrected chi connectivity index (χ3v) is 3.75. The first-order chi connectivity index (χ1) is 8.44. The molecule has 0 unspecified atom stereocenters. The van der Waals surface area contributed by atoms with Gasteiger partial charge in [-0.3, -0.25) is 4.90 Å². The topological polar surface area (TPSA) is 43.2 Å². The summed E-state index contributed by atoms with van der Waals surface area (Å²) in [4.78, 5) is 9.12. The largest absolute Gasteiger partial charge is 0.352 e. The van der Waals surface area contributed by atoms with Gasteiger partial charge in [-0.25, -0.2) is 4.98 Å². The number of nitriles is 1. The number of hydrogen-bond acceptors (Lipinski definition) is 4. The lowest BCUT2D eigenvalue weighted by atomic mass is 9.99. The fourth-order valence-electron chi connectivity index (χ4n) is 2.29. The van der Waals surface area contributed by atoms with Crippen molar-refractivity contribution in [1.29, 1.82) is 5.26 Å². The van der Waals surface area contributed by atoms with E-state index in [1.807, 2.05) is 19.1 Å². The molecular weight excluding hydrogens is 224 g/mol. The highest BCUT2D eigenvalue weighted by Gasteiger charge is 2.32. The zero-order chi connectivity index (χ0) is 13.3. The van der Waals surface area contributed by atoms with Gasteiger partial charge in [0.25, 0.3) is 0 Å². The minimum absolute atomic E-state index is 0.108. The second-order valence-electron chi connectivity index (χ2n) is 5.59. The molecule has 2 heterocycles. The van der Waals surface area contributed by atoms with Gasteiger partial charge >= 0.3 is 0 Å². The zero-order valence-corrected chi connectivity index (χ0v) is 11.6. The van der Waals surface area contributed by atoms with Crippen molar-refractivity contribution < 1.29 is 0 Å². The summed E-state index contributed by atoms with van der Waals surface area (Å²) in [6.07, 6.45) is 0. The minimum Gasteiger partial charge on any atom is -0.352 e. The number of aromatic nitrogens is 1. The molecule has 96 valence electrons. The Morgan fingerprint density at radius 1 is 1.33 bits per heavy atom. The third-order valence-electron chi connectivity index (χ3n) is 3.75. The predicted octanol–water partition coefficient (Wildman–Crippen LogP) is 1.79. The fourth-order valence-corrected chi connectivity index (χ4v) is 2.29. The maximum Gasteiger partial charge on any atom is 0.146 e. The van der Waals surface area contributed by atoms with Gasteiger partial charge in [-0.2, -0.15) is 5.26 Å². The summed E-state index contributed by atoms with van der Waals surface area (Å²) in [6.45, 7) is 9.22. The Labute approximate surface area is 109 Å². The van der Waals surface area contributed by atoms with Gasteiger partial charge < -0.3 is 4.90 Å². The van der Waals surface area contributed by atoms with Crippen molar-refractivity contribution in [2.45, 2.75) is 26.3 Å². The number of rotatable bonds is 1. The molecule has 1 aromatic rings. The van der Waals surface area contributed by atoms with Crippen LogP contribution in [0.1, 0.15) is 25.1 Å². The molecule has 0 atom stereocenters. The summed E-state index contributed by atoms with van der Waals surface area (Å²) in [5.74, 6) is 0.832. The van der Waals surface area contributed by atoms with E-state index in [0.29, 0.717) is 5.56 Å². The van der Waals surface area contributed by atoms with E-state index in [0.717, 1.165) is 31.1 Å². The average Bonchev–Trinajstić information content (AvgIpc) is 2.32. The van der Waals surface area contributed by atoms with E-state index in [-0.39, 0.29) is 5.54 Å². The number of anilines is 1. The number of aryl methyl sites for hydroxylation is 1. The first-order valence-corrected chi connectivity index (χ1v) is 6.28. The molecule has 1 aliphatic rings. The van der Waals surface area contributed by atoms with Crippen LogP contribution in [-0.2, 0) is 0 Å². The monoisotopic (exact) mass is 244 g/mol. The lowest BCUT2D eigenvalue weighted by Gasteiger charge is -2.46. The van der Waals surface area contributed by atoms with Crippen molar-refractivity contribution in [1.82, 2.24) is 9.88 Å². The van der Waals surface area contributed by atoms with E-state index in [1.54, 1.807) is 0 Å². The van der Waals surface area contributed by atoms with E-state index < -0.39 is 0 Å². The van der Waals surface area contributed by atoms with E-state index in [4.69, 9.17) is 0 Å². The van der Waals surface area contributed by atoms with Crippen LogP contribution in [-0.4, -0.2) is 42.1 Å². The zero-order valence-electron chi connectivity index (χ0n) is 11.6. The van der Waals surface area contributed by atoms with Gasteiger partial charge in [-0.15, -0.1) is 0 Å². The van der Waals surface area contributed by atoms with Crippen molar-refractivity contribution >= 4 is 5.82 Å². The van der Waals surface area contributed by atoms with Crippen LogP contribution in [0.25, 0.3) is 0 Å². The smallest absolute Gasteiger partial charge is 0.146 e. The standard InChI is InChI=1S/C14H20N4/c1-11-5-6-12(9-15)13(16-11)18-8-7-17(4)14(2,3)10-18/h5-6H,7-8,10H2,1-4H3. The maximum atomic E-state index is 9.19. The molecule has 0 bridgehead atoms. The predicted molar refractivity (Wildman–Crippen MR) is 72.6 cm³/mol. The summed E-state index contributed by atoms with van der Waals surface area (Å²) in [6, 6.07) is 6.00. The fraction of sp³-hybridized carbons (Fsp3) is 0.571. The van der Waals surface area contributed by atoms with Crippen LogP contribution in [0, 0.1) is 18.3 Å². The van der Waals surface area contributed by atoms with Crippen LogP contribution >= 0.6 is 0 Å². The molecule has 18 heavy (non-hydrogen) atoms. The molecule has 2 rings (SSSR count). The molecule has 0 radical (unpaired) electrons. The van der Waals surface area contributed by atoms with Crippen LogP contribution in [0.4, 0.5) is 5.82 Å². The van der Waals surface area contributed by atoms with E-state index in [1.165, 1.54) is 0 Å². The Morgan fingerprint density at radius 2 is 2.06 bits per heavy atom.